The number of ether oxygens (including phenoxy) is 4. The predicted molar refractivity (Wildman–Crippen MR) is 151 cm³/mol. The molecule has 3 aromatic carbocycles. The zero-order valence-corrected chi connectivity index (χ0v) is 22.7. The van der Waals surface area contributed by atoms with E-state index in [-0.39, 0.29) is 11.3 Å². The number of Topliss-reactive ketones (excluding diaryl/α,β-unsaturated/α-hetero) is 1. The number of ketones is 1. The van der Waals surface area contributed by atoms with E-state index in [1.807, 2.05) is 32.0 Å². The van der Waals surface area contributed by atoms with Crippen molar-refractivity contribution >= 4 is 44.1 Å². The van der Waals surface area contributed by atoms with Gasteiger partial charge in [-0.3, -0.25) is 14.5 Å². The van der Waals surface area contributed by atoms with Crippen molar-refractivity contribution in [2.24, 2.45) is 0 Å². The van der Waals surface area contributed by atoms with Crippen LogP contribution in [0.1, 0.15) is 31.0 Å². The molecule has 1 amide bonds. The first-order chi connectivity index (χ1) is 19.5. The molecular formula is C30H26N2O7S. The molecule has 9 nitrogen and oxygen atoms in total. The average Bonchev–Trinajstić information content (AvgIpc) is 3.50. The van der Waals surface area contributed by atoms with Crippen molar-refractivity contribution in [3.05, 3.63) is 77.4 Å². The van der Waals surface area contributed by atoms with Gasteiger partial charge in [0.1, 0.15) is 30.5 Å². The molecule has 0 spiro atoms. The minimum Gasteiger partial charge on any atom is -0.507 e. The summed E-state index contributed by atoms with van der Waals surface area (Å²) in [6, 6.07) is 16.6. The van der Waals surface area contributed by atoms with Crippen molar-refractivity contribution in [1.29, 1.82) is 0 Å². The highest BCUT2D eigenvalue weighted by molar-refractivity contribution is 7.22. The number of hydrogen-bond acceptors (Lipinski definition) is 9. The third-order valence-electron chi connectivity index (χ3n) is 6.61. The molecule has 2 aliphatic rings. The third kappa shape index (κ3) is 4.50. The van der Waals surface area contributed by atoms with E-state index in [1.165, 1.54) is 16.2 Å². The second kappa shape index (κ2) is 10.5. The maximum Gasteiger partial charge on any atom is 0.301 e. The number of anilines is 1. The van der Waals surface area contributed by atoms with Gasteiger partial charge in [-0.25, -0.2) is 4.98 Å². The van der Waals surface area contributed by atoms with Crippen molar-refractivity contribution in [2.75, 3.05) is 31.3 Å². The number of carbonyl (C=O) groups is 2. The number of fused-ring (bicyclic) bond motifs is 2. The molecule has 40 heavy (non-hydrogen) atoms. The molecule has 0 radical (unpaired) electrons. The molecule has 204 valence electrons. The minimum atomic E-state index is -0.944. The molecule has 10 heteroatoms. The Bertz CT molecular complexity index is 1660. The molecule has 0 aliphatic carbocycles. The fourth-order valence-electron chi connectivity index (χ4n) is 4.88. The lowest BCUT2D eigenvalue weighted by molar-refractivity contribution is -0.132. The summed E-state index contributed by atoms with van der Waals surface area (Å²) in [5.41, 5.74) is 1.54. The highest BCUT2D eigenvalue weighted by Gasteiger charge is 2.48. The van der Waals surface area contributed by atoms with Crippen molar-refractivity contribution in [3.8, 4) is 23.0 Å². The van der Waals surface area contributed by atoms with Gasteiger partial charge in [-0.05, 0) is 67.9 Å². The average molecular weight is 559 g/mol. The quantitative estimate of drug-likeness (QED) is 0.180. The van der Waals surface area contributed by atoms with E-state index >= 15 is 0 Å². The number of aliphatic hydroxyl groups is 1. The van der Waals surface area contributed by atoms with Gasteiger partial charge in [-0.2, -0.15) is 0 Å². The van der Waals surface area contributed by atoms with Crippen LogP contribution in [0.25, 0.3) is 16.0 Å². The molecular weight excluding hydrogens is 532 g/mol. The van der Waals surface area contributed by atoms with E-state index in [9.17, 15) is 14.7 Å². The van der Waals surface area contributed by atoms with Crippen molar-refractivity contribution in [3.63, 3.8) is 0 Å². The molecule has 1 atom stereocenters. The second-order valence-corrected chi connectivity index (χ2v) is 10.1. The van der Waals surface area contributed by atoms with Crippen LogP contribution in [0.15, 0.2) is 66.2 Å². The summed E-state index contributed by atoms with van der Waals surface area (Å²) in [6.07, 6.45) is 0. The van der Waals surface area contributed by atoms with Gasteiger partial charge in [0.05, 0.1) is 35.0 Å². The van der Waals surface area contributed by atoms with Gasteiger partial charge in [0, 0.05) is 5.56 Å². The number of carbonyl (C=O) groups excluding carboxylic acids is 2. The van der Waals surface area contributed by atoms with Crippen molar-refractivity contribution in [2.45, 2.75) is 19.9 Å². The molecule has 0 unspecified atom stereocenters. The van der Waals surface area contributed by atoms with Gasteiger partial charge >= 0.3 is 5.91 Å². The van der Waals surface area contributed by atoms with E-state index < -0.39 is 17.7 Å². The summed E-state index contributed by atoms with van der Waals surface area (Å²) < 4.78 is 23.4. The highest BCUT2D eigenvalue weighted by Crippen LogP contribution is 2.46. The number of amides is 1. The smallest absolute Gasteiger partial charge is 0.301 e. The Labute approximate surface area is 234 Å². The molecule has 1 fully saturated rings. The van der Waals surface area contributed by atoms with Gasteiger partial charge in [0.15, 0.2) is 16.6 Å². The Kier molecular flexibility index (Phi) is 6.77. The Morgan fingerprint density at radius 1 is 0.975 bits per heavy atom. The fourth-order valence-corrected chi connectivity index (χ4v) is 5.91. The lowest BCUT2D eigenvalue weighted by Gasteiger charge is -2.23. The number of aliphatic hydroxyl groups excluding tert-OH is 1. The molecule has 1 N–H and O–H groups in total. The zero-order valence-electron chi connectivity index (χ0n) is 21.9. The van der Waals surface area contributed by atoms with Crippen LogP contribution in [0.2, 0.25) is 0 Å². The van der Waals surface area contributed by atoms with Crippen LogP contribution >= 0.6 is 11.3 Å². The van der Waals surface area contributed by atoms with E-state index in [0.29, 0.717) is 71.2 Å². The van der Waals surface area contributed by atoms with Crippen LogP contribution in [0, 0.1) is 0 Å². The summed E-state index contributed by atoms with van der Waals surface area (Å²) in [4.78, 5) is 33.3. The second-order valence-electron chi connectivity index (χ2n) is 9.09. The molecule has 0 bridgehead atoms. The van der Waals surface area contributed by atoms with Gasteiger partial charge in [0.25, 0.3) is 5.78 Å². The normalized spacial score (nSPS) is 17.9. The lowest BCUT2D eigenvalue weighted by atomic mass is 9.95. The van der Waals surface area contributed by atoms with Crippen LogP contribution in [0.5, 0.6) is 23.0 Å². The van der Waals surface area contributed by atoms with E-state index in [0.717, 1.165) is 4.70 Å². The van der Waals surface area contributed by atoms with Crippen molar-refractivity contribution < 1.29 is 33.6 Å². The molecule has 4 aromatic rings. The standard InChI is InChI=1S/C30H26N2O7S/c1-3-36-19-7-5-6-17(14-19)26-25(27(33)18-8-11-22-23(15-18)39-13-12-38-22)28(34)29(35)32(26)30-31-21-10-9-20(37-4-2)16-24(21)40-30/h5-11,14-16,26,33H,3-4,12-13H2,1-2H3/t26-/m0/s1. The Hall–Kier alpha value is -4.57. The molecule has 6 rings (SSSR count). The zero-order chi connectivity index (χ0) is 27.8. The van der Waals surface area contributed by atoms with Gasteiger partial charge in [-0.1, -0.05) is 23.5 Å². The summed E-state index contributed by atoms with van der Waals surface area (Å²) in [6.45, 7) is 5.53. The van der Waals surface area contributed by atoms with Crippen LogP contribution in [0.3, 0.4) is 0 Å². The first-order valence-corrected chi connectivity index (χ1v) is 13.8. The van der Waals surface area contributed by atoms with Gasteiger partial charge in [-0.15, -0.1) is 0 Å². The first kappa shape index (κ1) is 25.7. The Morgan fingerprint density at radius 3 is 2.50 bits per heavy atom. The summed E-state index contributed by atoms with van der Waals surface area (Å²) >= 11 is 1.27. The third-order valence-corrected chi connectivity index (χ3v) is 7.63. The Morgan fingerprint density at radius 2 is 1.73 bits per heavy atom. The Balaban J connectivity index is 1.51. The number of nitrogens with zero attached hydrogens (tertiary/aromatic N) is 2. The number of hydrogen-bond donors (Lipinski definition) is 1. The van der Waals surface area contributed by atoms with Crippen LogP contribution in [0.4, 0.5) is 5.13 Å². The summed E-state index contributed by atoms with van der Waals surface area (Å²) in [5, 5.41) is 11.9. The summed E-state index contributed by atoms with van der Waals surface area (Å²) in [7, 11) is 0. The maximum absolute atomic E-state index is 13.6. The molecule has 3 heterocycles. The van der Waals surface area contributed by atoms with E-state index in [2.05, 4.69) is 4.98 Å². The lowest BCUT2D eigenvalue weighted by Crippen LogP contribution is -2.29. The predicted octanol–water partition coefficient (Wildman–Crippen LogP) is 5.49. The van der Waals surface area contributed by atoms with Crippen molar-refractivity contribution in [1.82, 2.24) is 4.98 Å². The minimum absolute atomic E-state index is 0.0513. The number of thiazole rings is 1. The van der Waals surface area contributed by atoms with Gasteiger partial charge in [0.2, 0.25) is 0 Å². The van der Waals surface area contributed by atoms with Crippen LogP contribution in [-0.2, 0) is 9.59 Å². The first-order valence-electron chi connectivity index (χ1n) is 13.0. The maximum atomic E-state index is 13.6. The fraction of sp³-hybridized carbons (Fsp3) is 0.233. The van der Waals surface area contributed by atoms with E-state index in [1.54, 1.807) is 42.5 Å². The monoisotopic (exact) mass is 558 g/mol. The summed E-state index contributed by atoms with van der Waals surface area (Å²) in [5.74, 6) is 0.357. The largest absolute Gasteiger partial charge is 0.507 e. The molecule has 2 aliphatic heterocycles. The topological polar surface area (TPSA) is 107 Å². The molecule has 1 aromatic heterocycles. The highest BCUT2D eigenvalue weighted by atomic mass is 32.1. The molecule has 0 saturated carbocycles. The molecule has 1 saturated heterocycles. The van der Waals surface area contributed by atoms with Gasteiger partial charge < -0.3 is 24.1 Å². The SMILES string of the molecule is CCOc1cccc([C@H]2C(=C(O)c3ccc4c(c3)OCCO4)C(=O)C(=O)N2c2nc3ccc(OCC)cc3s2)c1. The number of rotatable bonds is 7. The van der Waals surface area contributed by atoms with Crippen LogP contribution < -0.4 is 23.8 Å². The number of aromatic nitrogens is 1. The van der Waals surface area contributed by atoms with E-state index in [4.69, 9.17) is 18.9 Å². The van der Waals surface area contributed by atoms with Crippen LogP contribution in [-0.4, -0.2) is 48.2 Å². The number of benzene rings is 3.